The lowest BCUT2D eigenvalue weighted by atomic mass is 9.98. The first-order valence-corrected chi connectivity index (χ1v) is 9.52. The molecule has 4 nitrogen and oxygen atoms in total. The van der Waals surface area contributed by atoms with E-state index in [0.717, 1.165) is 42.1 Å². The summed E-state index contributed by atoms with van der Waals surface area (Å²) in [6.07, 6.45) is 4.72. The van der Waals surface area contributed by atoms with Crippen LogP contribution in [0.3, 0.4) is 0 Å². The average Bonchev–Trinajstić information content (AvgIpc) is 2.54. The summed E-state index contributed by atoms with van der Waals surface area (Å²) < 4.78 is 31.1. The SMILES string of the molecule is CN(C)c1cccc2c(S(=O)(=O)OC3CCCCC3)cccc12. The first-order chi connectivity index (χ1) is 11.0. The molecule has 0 atom stereocenters. The van der Waals surface area contributed by atoms with E-state index in [4.69, 9.17) is 4.18 Å². The second kappa shape index (κ2) is 6.49. The lowest BCUT2D eigenvalue weighted by Crippen LogP contribution is -2.21. The molecule has 5 heteroatoms. The van der Waals surface area contributed by atoms with Crippen LogP contribution in [-0.2, 0) is 14.3 Å². The van der Waals surface area contributed by atoms with Gasteiger partial charge in [0.25, 0.3) is 10.1 Å². The van der Waals surface area contributed by atoms with Crippen molar-refractivity contribution < 1.29 is 12.6 Å². The Morgan fingerprint density at radius 1 is 0.957 bits per heavy atom. The summed E-state index contributed by atoms with van der Waals surface area (Å²) in [5.74, 6) is 0. The van der Waals surface area contributed by atoms with Gasteiger partial charge < -0.3 is 4.90 Å². The largest absolute Gasteiger partial charge is 0.377 e. The van der Waals surface area contributed by atoms with Gasteiger partial charge in [-0.15, -0.1) is 0 Å². The van der Waals surface area contributed by atoms with E-state index >= 15 is 0 Å². The minimum absolute atomic E-state index is 0.180. The smallest absolute Gasteiger partial charge is 0.297 e. The first kappa shape index (κ1) is 16.3. The normalized spacial score (nSPS) is 16.6. The number of benzene rings is 2. The van der Waals surface area contributed by atoms with E-state index in [1.165, 1.54) is 6.42 Å². The Bertz CT molecular complexity index is 793. The molecular weight excluding hydrogens is 310 g/mol. The summed E-state index contributed by atoms with van der Waals surface area (Å²) in [7, 11) is 0.158. The number of nitrogens with zero attached hydrogens (tertiary/aromatic N) is 1. The van der Waals surface area contributed by atoms with Gasteiger partial charge in [0.05, 0.1) is 6.10 Å². The fourth-order valence-electron chi connectivity index (χ4n) is 3.26. The van der Waals surface area contributed by atoms with Gasteiger partial charge >= 0.3 is 0 Å². The van der Waals surface area contributed by atoms with Gasteiger partial charge in [0.2, 0.25) is 0 Å². The molecule has 2 aromatic carbocycles. The minimum Gasteiger partial charge on any atom is -0.377 e. The van der Waals surface area contributed by atoms with E-state index in [0.29, 0.717) is 0 Å². The molecule has 0 aliphatic heterocycles. The topological polar surface area (TPSA) is 46.6 Å². The molecule has 3 rings (SSSR count). The Hall–Kier alpha value is -1.59. The second-order valence-corrected chi connectivity index (χ2v) is 7.87. The summed E-state index contributed by atoms with van der Waals surface area (Å²) >= 11 is 0. The van der Waals surface area contributed by atoms with Crippen molar-refractivity contribution in [3.8, 4) is 0 Å². The molecule has 1 aliphatic carbocycles. The van der Waals surface area contributed by atoms with Crippen LogP contribution in [0.15, 0.2) is 41.3 Å². The lowest BCUT2D eigenvalue weighted by molar-refractivity contribution is 0.162. The second-order valence-electron chi connectivity index (χ2n) is 6.33. The van der Waals surface area contributed by atoms with E-state index in [9.17, 15) is 8.42 Å². The van der Waals surface area contributed by atoms with Crippen LogP contribution < -0.4 is 4.90 Å². The zero-order valence-corrected chi connectivity index (χ0v) is 14.5. The van der Waals surface area contributed by atoms with Gasteiger partial charge in [0.15, 0.2) is 0 Å². The Kier molecular flexibility index (Phi) is 4.60. The van der Waals surface area contributed by atoms with Crippen molar-refractivity contribution in [2.24, 2.45) is 0 Å². The maximum absolute atomic E-state index is 12.8. The molecule has 2 aromatic rings. The number of fused-ring (bicyclic) bond motifs is 1. The highest BCUT2D eigenvalue weighted by molar-refractivity contribution is 7.87. The zero-order valence-electron chi connectivity index (χ0n) is 13.7. The summed E-state index contributed by atoms with van der Waals surface area (Å²) in [6, 6.07) is 11.1. The summed E-state index contributed by atoms with van der Waals surface area (Å²) in [4.78, 5) is 2.25. The van der Waals surface area contributed by atoms with Crippen molar-refractivity contribution in [1.82, 2.24) is 0 Å². The molecule has 124 valence electrons. The Labute approximate surface area is 138 Å². The molecule has 0 N–H and O–H groups in total. The van der Waals surface area contributed by atoms with Gasteiger partial charge in [-0.3, -0.25) is 4.18 Å². The molecule has 0 radical (unpaired) electrons. The van der Waals surface area contributed by atoms with Crippen LogP contribution in [-0.4, -0.2) is 28.6 Å². The highest BCUT2D eigenvalue weighted by Crippen LogP contribution is 2.32. The summed E-state index contributed by atoms with van der Waals surface area (Å²) in [5, 5.41) is 1.64. The van der Waals surface area contributed by atoms with E-state index in [-0.39, 0.29) is 11.0 Å². The molecule has 1 aliphatic rings. The average molecular weight is 333 g/mol. The number of hydrogen-bond acceptors (Lipinski definition) is 4. The van der Waals surface area contributed by atoms with Crippen LogP contribution in [0.25, 0.3) is 10.8 Å². The van der Waals surface area contributed by atoms with Crippen molar-refractivity contribution in [1.29, 1.82) is 0 Å². The summed E-state index contributed by atoms with van der Waals surface area (Å²) in [6.45, 7) is 0. The highest BCUT2D eigenvalue weighted by atomic mass is 32.2. The zero-order chi connectivity index (χ0) is 16.4. The fourth-order valence-corrected chi connectivity index (χ4v) is 4.61. The fraction of sp³-hybridized carbons (Fsp3) is 0.444. The highest BCUT2D eigenvalue weighted by Gasteiger charge is 2.25. The van der Waals surface area contributed by atoms with Crippen molar-refractivity contribution in [2.75, 3.05) is 19.0 Å². The third-order valence-corrected chi connectivity index (χ3v) is 5.85. The number of hydrogen-bond donors (Lipinski definition) is 0. The maximum Gasteiger partial charge on any atom is 0.297 e. The van der Waals surface area contributed by atoms with Gasteiger partial charge in [-0.1, -0.05) is 43.5 Å². The Morgan fingerprint density at radius 2 is 1.61 bits per heavy atom. The molecular formula is C18H23NO3S. The van der Waals surface area contributed by atoms with Crippen LogP contribution in [0, 0.1) is 0 Å². The molecule has 0 saturated heterocycles. The van der Waals surface area contributed by atoms with Crippen molar-refractivity contribution in [3.05, 3.63) is 36.4 Å². The van der Waals surface area contributed by atoms with Crippen LogP contribution in [0.5, 0.6) is 0 Å². The molecule has 0 bridgehead atoms. The monoisotopic (exact) mass is 333 g/mol. The third kappa shape index (κ3) is 3.35. The van der Waals surface area contributed by atoms with E-state index in [1.54, 1.807) is 12.1 Å². The quantitative estimate of drug-likeness (QED) is 0.795. The van der Waals surface area contributed by atoms with Crippen molar-refractivity contribution >= 4 is 26.6 Å². The van der Waals surface area contributed by atoms with E-state index in [1.807, 2.05) is 43.3 Å². The lowest BCUT2D eigenvalue weighted by Gasteiger charge is -2.22. The standard InChI is InChI=1S/C18H23NO3S/c1-19(2)17-12-6-11-16-15(17)10-7-13-18(16)23(20,21)22-14-8-4-3-5-9-14/h6-7,10-14H,3-5,8-9H2,1-2H3. The van der Waals surface area contributed by atoms with Gasteiger partial charge in [-0.05, 0) is 25.0 Å². The van der Waals surface area contributed by atoms with Gasteiger partial charge in [0, 0.05) is 30.6 Å². The van der Waals surface area contributed by atoms with Crippen LogP contribution in [0.1, 0.15) is 32.1 Å². The predicted octanol–water partition coefficient (Wildman–Crippen LogP) is 3.94. The molecule has 23 heavy (non-hydrogen) atoms. The van der Waals surface area contributed by atoms with Crippen LogP contribution >= 0.6 is 0 Å². The maximum atomic E-state index is 12.8. The molecule has 0 unspecified atom stereocenters. The molecule has 0 spiro atoms. The Balaban J connectivity index is 2.03. The number of rotatable bonds is 4. The van der Waals surface area contributed by atoms with Gasteiger partial charge in [0.1, 0.15) is 4.90 Å². The Morgan fingerprint density at radius 3 is 2.30 bits per heavy atom. The van der Waals surface area contributed by atoms with Crippen molar-refractivity contribution in [3.63, 3.8) is 0 Å². The van der Waals surface area contributed by atoms with Crippen LogP contribution in [0.2, 0.25) is 0 Å². The molecule has 0 heterocycles. The number of anilines is 1. The van der Waals surface area contributed by atoms with E-state index in [2.05, 4.69) is 0 Å². The third-order valence-electron chi connectivity index (χ3n) is 4.43. The predicted molar refractivity (Wildman–Crippen MR) is 93.4 cm³/mol. The molecule has 1 fully saturated rings. The molecule has 0 aromatic heterocycles. The minimum atomic E-state index is -3.75. The van der Waals surface area contributed by atoms with Gasteiger partial charge in [-0.25, -0.2) is 0 Å². The van der Waals surface area contributed by atoms with Gasteiger partial charge in [-0.2, -0.15) is 8.42 Å². The van der Waals surface area contributed by atoms with Crippen LogP contribution in [0.4, 0.5) is 5.69 Å². The van der Waals surface area contributed by atoms with E-state index < -0.39 is 10.1 Å². The first-order valence-electron chi connectivity index (χ1n) is 8.11. The summed E-state index contributed by atoms with van der Waals surface area (Å²) in [5.41, 5.74) is 0.997. The molecule has 0 amide bonds. The molecule has 1 saturated carbocycles. The van der Waals surface area contributed by atoms with Crippen molar-refractivity contribution in [2.45, 2.75) is 43.1 Å².